The fraction of sp³-hybridized carbons (Fsp3) is 0.467. The first kappa shape index (κ1) is 16.0. The van der Waals surface area contributed by atoms with Gasteiger partial charge in [0.25, 0.3) is 0 Å². The molecule has 2 N–H and O–H groups in total. The summed E-state index contributed by atoms with van der Waals surface area (Å²) in [5, 5.41) is 5.21. The SMILES string of the molecule is CCOc1ccc(CNC(=O)C(=O)N[C@@H](C)CC)cc1. The molecule has 0 aliphatic heterocycles. The molecule has 5 nitrogen and oxygen atoms in total. The van der Waals surface area contributed by atoms with Gasteiger partial charge in [-0.2, -0.15) is 0 Å². The van der Waals surface area contributed by atoms with Crippen LogP contribution in [0.5, 0.6) is 5.75 Å². The third kappa shape index (κ3) is 5.30. The Bertz CT molecular complexity index is 443. The summed E-state index contributed by atoms with van der Waals surface area (Å²) >= 11 is 0. The van der Waals surface area contributed by atoms with Crippen molar-refractivity contribution in [3.63, 3.8) is 0 Å². The summed E-state index contributed by atoms with van der Waals surface area (Å²) < 4.78 is 5.33. The van der Waals surface area contributed by atoms with Crippen molar-refractivity contribution in [1.82, 2.24) is 10.6 Å². The molecule has 0 aromatic heterocycles. The van der Waals surface area contributed by atoms with Gasteiger partial charge in [0, 0.05) is 12.6 Å². The molecule has 0 heterocycles. The van der Waals surface area contributed by atoms with Crippen molar-refractivity contribution < 1.29 is 14.3 Å². The first-order chi connectivity index (χ1) is 9.56. The van der Waals surface area contributed by atoms with E-state index in [1.807, 2.05) is 45.0 Å². The van der Waals surface area contributed by atoms with Gasteiger partial charge in [0.15, 0.2) is 0 Å². The lowest BCUT2D eigenvalue weighted by molar-refractivity contribution is -0.139. The van der Waals surface area contributed by atoms with Crippen molar-refractivity contribution >= 4 is 11.8 Å². The molecule has 110 valence electrons. The van der Waals surface area contributed by atoms with Gasteiger partial charge in [0.1, 0.15) is 5.75 Å². The first-order valence-corrected chi connectivity index (χ1v) is 6.87. The van der Waals surface area contributed by atoms with E-state index in [9.17, 15) is 9.59 Å². The second-order valence-electron chi connectivity index (χ2n) is 4.54. The maximum Gasteiger partial charge on any atom is 0.309 e. The molecule has 5 heteroatoms. The number of carbonyl (C=O) groups is 2. The van der Waals surface area contributed by atoms with Gasteiger partial charge in [-0.3, -0.25) is 9.59 Å². The van der Waals surface area contributed by atoms with Crippen LogP contribution in [0.25, 0.3) is 0 Å². The van der Waals surface area contributed by atoms with Crippen LogP contribution in [0, 0.1) is 0 Å². The minimum absolute atomic E-state index is 0.00118. The van der Waals surface area contributed by atoms with Gasteiger partial charge < -0.3 is 15.4 Å². The van der Waals surface area contributed by atoms with Crippen LogP contribution in [-0.4, -0.2) is 24.5 Å². The van der Waals surface area contributed by atoms with E-state index < -0.39 is 11.8 Å². The summed E-state index contributed by atoms with van der Waals surface area (Å²) in [7, 11) is 0. The van der Waals surface area contributed by atoms with Crippen LogP contribution in [0.15, 0.2) is 24.3 Å². The molecule has 0 bridgehead atoms. The highest BCUT2D eigenvalue weighted by molar-refractivity contribution is 6.35. The van der Waals surface area contributed by atoms with E-state index in [-0.39, 0.29) is 6.04 Å². The highest BCUT2D eigenvalue weighted by atomic mass is 16.5. The Kier molecular flexibility index (Phi) is 6.56. The molecule has 1 aromatic rings. The van der Waals surface area contributed by atoms with Crippen molar-refractivity contribution in [2.24, 2.45) is 0 Å². The van der Waals surface area contributed by atoms with Crippen LogP contribution < -0.4 is 15.4 Å². The zero-order chi connectivity index (χ0) is 15.0. The number of carbonyl (C=O) groups excluding carboxylic acids is 2. The van der Waals surface area contributed by atoms with Crippen LogP contribution >= 0.6 is 0 Å². The van der Waals surface area contributed by atoms with Crippen LogP contribution in [0.1, 0.15) is 32.8 Å². The van der Waals surface area contributed by atoms with E-state index in [1.165, 1.54) is 0 Å². The highest BCUT2D eigenvalue weighted by Gasteiger charge is 2.14. The predicted octanol–water partition coefficient (Wildman–Crippen LogP) is 1.62. The molecule has 20 heavy (non-hydrogen) atoms. The van der Waals surface area contributed by atoms with E-state index in [0.717, 1.165) is 17.7 Å². The Morgan fingerprint density at radius 1 is 1.15 bits per heavy atom. The summed E-state index contributed by atoms with van der Waals surface area (Å²) in [5.74, 6) is -0.415. The van der Waals surface area contributed by atoms with Crippen molar-refractivity contribution in [2.75, 3.05) is 6.61 Å². The molecule has 0 unspecified atom stereocenters. The van der Waals surface area contributed by atoms with Crippen LogP contribution in [0.3, 0.4) is 0 Å². The Hall–Kier alpha value is -2.04. The molecule has 0 saturated heterocycles. The molecule has 0 fully saturated rings. The molecule has 1 rings (SSSR count). The Balaban J connectivity index is 2.42. The number of rotatable bonds is 6. The van der Waals surface area contributed by atoms with E-state index in [2.05, 4.69) is 10.6 Å². The number of ether oxygens (including phenoxy) is 1. The van der Waals surface area contributed by atoms with E-state index >= 15 is 0 Å². The fourth-order valence-electron chi connectivity index (χ4n) is 1.52. The smallest absolute Gasteiger partial charge is 0.309 e. The monoisotopic (exact) mass is 278 g/mol. The summed E-state index contributed by atoms with van der Waals surface area (Å²) in [4.78, 5) is 23.1. The molecule has 0 aliphatic carbocycles. The molecule has 1 aromatic carbocycles. The molecule has 0 aliphatic rings. The summed E-state index contributed by atoms with van der Waals surface area (Å²) in [6.45, 7) is 6.66. The molecule has 0 spiro atoms. The molecule has 2 amide bonds. The van der Waals surface area contributed by atoms with Crippen molar-refractivity contribution in [3.05, 3.63) is 29.8 Å². The molecular weight excluding hydrogens is 256 g/mol. The zero-order valence-corrected chi connectivity index (χ0v) is 12.2. The van der Waals surface area contributed by atoms with Gasteiger partial charge in [0.2, 0.25) is 0 Å². The largest absolute Gasteiger partial charge is 0.494 e. The standard InChI is InChI=1S/C15H22N2O3/c1-4-11(3)17-15(19)14(18)16-10-12-6-8-13(9-7-12)20-5-2/h6-9,11H,4-5,10H2,1-3H3,(H,16,18)(H,17,19)/t11-/m0/s1. The predicted molar refractivity (Wildman–Crippen MR) is 77.4 cm³/mol. The lowest BCUT2D eigenvalue weighted by Gasteiger charge is -2.11. The van der Waals surface area contributed by atoms with Gasteiger partial charge in [-0.05, 0) is 38.0 Å². The lowest BCUT2D eigenvalue weighted by atomic mass is 10.2. The molecule has 0 radical (unpaired) electrons. The van der Waals surface area contributed by atoms with Crippen molar-refractivity contribution in [1.29, 1.82) is 0 Å². The van der Waals surface area contributed by atoms with Crippen LogP contribution in [-0.2, 0) is 16.1 Å². The quantitative estimate of drug-likeness (QED) is 0.777. The first-order valence-electron chi connectivity index (χ1n) is 6.87. The topological polar surface area (TPSA) is 67.4 Å². The van der Waals surface area contributed by atoms with Gasteiger partial charge in [-0.25, -0.2) is 0 Å². The van der Waals surface area contributed by atoms with E-state index in [1.54, 1.807) is 0 Å². The zero-order valence-electron chi connectivity index (χ0n) is 12.2. The number of hydrogen-bond acceptors (Lipinski definition) is 3. The number of benzene rings is 1. The normalized spacial score (nSPS) is 11.6. The molecule has 0 saturated carbocycles. The van der Waals surface area contributed by atoms with Gasteiger partial charge in [-0.1, -0.05) is 19.1 Å². The third-order valence-electron chi connectivity index (χ3n) is 2.88. The highest BCUT2D eigenvalue weighted by Crippen LogP contribution is 2.11. The summed E-state index contributed by atoms with van der Waals surface area (Å²) in [6, 6.07) is 7.39. The average molecular weight is 278 g/mol. The number of nitrogens with one attached hydrogen (secondary N) is 2. The Morgan fingerprint density at radius 3 is 2.35 bits per heavy atom. The Labute approximate surface area is 119 Å². The fourth-order valence-corrected chi connectivity index (χ4v) is 1.52. The maximum absolute atomic E-state index is 11.6. The second-order valence-corrected chi connectivity index (χ2v) is 4.54. The molecular formula is C15H22N2O3. The Morgan fingerprint density at radius 2 is 1.80 bits per heavy atom. The van der Waals surface area contributed by atoms with Crippen molar-refractivity contribution in [2.45, 2.75) is 39.8 Å². The average Bonchev–Trinajstić information content (AvgIpc) is 2.46. The second kappa shape index (κ2) is 8.19. The van der Waals surface area contributed by atoms with Gasteiger partial charge in [0.05, 0.1) is 6.61 Å². The number of amides is 2. The van der Waals surface area contributed by atoms with Gasteiger partial charge >= 0.3 is 11.8 Å². The minimum Gasteiger partial charge on any atom is -0.494 e. The third-order valence-corrected chi connectivity index (χ3v) is 2.88. The summed E-state index contributed by atoms with van der Waals surface area (Å²) in [6.07, 6.45) is 0.790. The van der Waals surface area contributed by atoms with Crippen LogP contribution in [0.2, 0.25) is 0 Å². The molecule has 1 atom stereocenters. The maximum atomic E-state index is 11.6. The van der Waals surface area contributed by atoms with E-state index in [0.29, 0.717) is 13.2 Å². The van der Waals surface area contributed by atoms with Crippen molar-refractivity contribution in [3.8, 4) is 5.75 Å². The van der Waals surface area contributed by atoms with Gasteiger partial charge in [-0.15, -0.1) is 0 Å². The summed E-state index contributed by atoms with van der Waals surface area (Å²) in [5.41, 5.74) is 0.915. The van der Waals surface area contributed by atoms with E-state index in [4.69, 9.17) is 4.74 Å². The minimum atomic E-state index is -0.612. The van der Waals surface area contributed by atoms with Crippen LogP contribution in [0.4, 0.5) is 0 Å². The lowest BCUT2D eigenvalue weighted by Crippen LogP contribution is -2.43. The number of hydrogen-bond donors (Lipinski definition) is 2.